The standard InChI is InChI=1S/C21H24N6O5S/c1-14-20(9-23-32-14)33(29,30)27-6-5-26-12-21(28)24-18-7-15(16-8-22-25(2)10-16)3-4-19(18)31-13-17(26)11-27/h3-4,7-10,17H,5-6,11-13H2,1-2H3,(H,24,28)/t17-/m0/s1. The molecule has 0 radical (unpaired) electrons. The first-order valence-electron chi connectivity index (χ1n) is 10.5. The van der Waals surface area contributed by atoms with E-state index in [9.17, 15) is 13.2 Å². The van der Waals surface area contributed by atoms with Crippen molar-refractivity contribution >= 4 is 21.6 Å². The molecule has 0 saturated carbocycles. The van der Waals surface area contributed by atoms with Crippen LogP contribution in [0.3, 0.4) is 0 Å². The second kappa shape index (κ2) is 8.28. The molecule has 0 spiro atoms. The Morgan fingerprint density at radius 2 is 2.03 bits per heavy atom. The highest BCUT2D eigenvalue weighted by atomic mass is 32.2. The molecule has 2 aliphatic heterocycles. The molecule has 1 atom stereocenters. The first-order chi connectivity index (χ1) is 15.8. The zero-order valence-electron chi connectivity index (χ0n) is 18.3. The maximum absolute atomic E-state index is 13.1. The minimum atomic E-state index is -3.75. The predicted octanol–water partition coefficient (Wildman–Crippen LogP) is 1.09. The number of fused-ring (bicyclic) bond motifs is 2. The number of anilines is 1. The number of ether oxygens (including phenoxy) is 1. The number of sulfonamides is 1. The summed E-state index contributed by atoms with van der Waals surface area (Å²) in [4.78, 5) is 14.8. The molecule has 1 aromatic carbocycles. The summed E-state index contributed by atoms with van der Waals surface area (Å²) in [5.41, 5.74) is 2.41. The van der Waals surface area contributed by atoms with Gasteiger partial charge in [0.15, 0.2) is 5.76 Å². The number of carbonyl (C=O) groups is 1. The Kier molecular flexibility index (Phi) is 5.43. The van der Waals surface area contributed by atoms with Crippen LogP contribution >= 0.6 is 0 Å². The molecular weight excluding hydrogens is 448 g/mol. The fourth-order valence-electron chi connectivity index (χ4n) is 4.19. The van der Waals surface area contributed by atoms with Gasteiger partial charge < -0.3 is 14.6 Å². The van der Waals surface area contributed by atoms with Crippen molar-refractivity contribution < 1.29 is 22.5 Å². The number of aryl methyl sites for hydroxylation is 2. The average molecular weight is 473 g/mol. The summed E-state index contributed by atoms with van der Waals surface area (Å²) in [6.07, 6.45) is 4.87. The van der Waals surface area contributed by atoms with Gasteiger partial charge in [0.1, 0.15) is 17.3 Å². The molecule has 0 unspecified atom stereocenters. The number of rotatable bonds is 3. The van der Waals surface area contributed by atoms with E-state index in [4.69, 9.17) is 9.26 Å². The summed E-state index contributed by atoms with van der Waals surface area (Å²) in [6.45, 7) is 2.81. The molecule has 174 valence electrons. The number of piperazine rings is 1. The summed E-state index contributed by atoms with van der Waals surface area (Å²) in [7, 11) is -1.91. The van der Waals surface area contributed by atoms with Gasteiger partial charge in [0.2, 0.25) is 15.9 Å². The van der Waals surface area contributed by atoms with Crippen molar-refractivity contribution in [1.82, 2.24) is 24.1 Å². The maximum atomic E-state index is 13.1. The largest absolute Gasteiger partial charge is 0.490 e. The van der Waals surface area contributed by atoms with E-state index in [1.165, 1.54) is 10.5 Å². The van der Waals surface area contributed by atoms with E-state index in [0.717, 1.165) is 11.1 Å². The molecule has 1 N–H and O–H groups in total. The van der Waals surface area contributed by atoms with Crippen LogP contribution in [-0.4, -0.2) is 77.3 Å². The molecule has 3 aromatic rings. The molecule has 1 fully saturated rings. The minimum absolute atomic E-state index is 0.0611. The zero-order chi connectivity index (χ0) is 23.2. The molecule has 12 heteroatoms. The van der Waals surface area contributed by atoms with Crippen molar-refractivity contribution in [2.24, 2.45) is 7.05 Å². The van der Waals surface area contributed by atoms with E-state index in [0.29, 0.717) is 18.0 Å². The fourth-order valence-corrected chi connectivity index (χ4v) is 5.73. The molecule has 33 heavy (non-hydrogen) atoms. The summed E-state index contributed by atoms with van der Waals surface area (Å²) >= 11 is 0. The van der Waals surface area contributed by atoms with Gasteiger partial charge in [-0.3, -0.25) is 14.4 Å². The quantitative estimate of drug-likeness (QED) is 0.601. The average Bonchev–Trinajstić information content (AvgIpc) is 3.42. The second-order valence-corrected chi connectivity index (χ2v) is 10.1. The Hall–Kier alpha value is -3.22. The van der Waals surface area contributed by atoms with Crippen molar-refractivity contribution in [3.63, 3.8) is 0 Å². The molecule has 4 heterocycles. The third-order valence-corrected chi connectivity index (χ3v) is 7.92. The molecule has 0 aliphatic carbocycles. The number of nitrogens with zero attached hydrogens (tertiary/aromatic N) is 5. The van der Waals surface area contributed by atoms with Crippen LogP contribution < -0.4 is 10.1 Å². The number of benzene rings is 1. The highest BCUT2D eigenvalue weighted by Crippen LogP contribution is 2.32. The van der Waals surface area contributed by atoms with Crippen molar-refractivity contribution in [3.8, 4) is 16.9 Å². The Morgan fingerprint density at radius 1 is 1.18 bits per heavy atom. The van der Waals surface area contributed by atoms with Crippen molar-refractivity contribution in [2.45, 2.75) is 17.9 Å². The van der Waals surface area contributed by atoms with Gasteiger partial charge in [0.25, 0.3) is 0 Å². The molecule has 2 aromatic heterocycles. The number of nitrogens with one attached hydrogen (secondary N) is 1. The lowest BCUT2D eigenvalue weighted by Gasteiger charge is -2.39. The highest BCUT2D eigenvalue weighted by molar-refractivity contribution is 7.89. The van der Waals surface area contributed by atoms with E-state index in [1.807, 2.05) is 36.3 Å². The Balaban J connectivity index is 1.39. The first kappa shape index (κ1) is 21.6. The van der Waals surface area contributed by atoms with Crippen molar-refractivity contribution in [1.29, 1.82) is 0 Å². The molecule has 0 bridgehead atoms. The van der Waals surface area contributed by atoms with E-state index in [-0.39, 0.29) is 48.8 Å². The predicted molar refractivity (Wildman–Crippen MR) is 118 cm³/mol. The monoisotopic (exact) mass is 472 g/mol. The lowest BCUT2D eigenvalue weighted by Crippen LogP contribution is -2.57. The Bertz CT molecular complexity index is 1300. The van der Waals surface area contributed by atoms with Crippen molar-refractivity contribution in [2.75, 3.05) is 38.1 Å². The van der Waals surface area contributed by atoms with Crippen LogP contribution in [0, 0.1) is 6.92 Å². The normalized spacial score (nSPS) is 20.1. The van der Waals surface area contributed by atoms with Crippen LogP contribution in [0.1, 0.15) is 5.76 Å². The van der Waals surface area contributed by atoms with Gasteiger partial charge in [-0.05, 0) is 24.6 Å². The highest BCUT2D eigenvalue weighted by Gasteiger charge is 2.37. The van der Waals surface area contributed by atoms with Gasteiger partial charge in [0, 0.05) is 38.4 Å². The number of amides is 1. The number of hydrogen-bond acceptors (Lipinski definition) is 8. The first-order valence-corrected chi connectivity index (χ1v) is 12.0. The zero-order valence-corrected chi connectivity index (χ0v) is 19.1. The number of hydrogen-bond donors (Lipinski definition) is 1. The van der Waals surface area contributed by atoms with E-state index in [1.54, 1.807) is 17.8 Å². The van der Waals surface area contributed by atoms with Crippen LogP contribution in [0.4, 0.5) is 5.69 Å². The summed E-state index contributed by atoms with van der Waals surface area (Å²) < 4.78 is 40.3. The summed E-state index contributed by atoms with van der Waals surface area (Å²) in [5.74, 6) is 0.606. The van der Waals surface area contributed by atoms with Crippen LogP contribution in [0.5, 0.6) is 5.75 Å². The topological polar surface area (TPSA) is 123 Å². The van der Waals surface area contributed by atoms with E-state index in [2.05, 4.69) is 15.6 Å². The van der Waals surface area contributed by atoms with E-state index >= 15 is 0 Å². The minimum Gasteiger partial charge on any atom is -0.490 e. The molecule has 11 nitrogen and oxygen atoms in total. The molecule has 1 saturated heterocycles. The van der Waals surface area contributed by atoms with Crippen LogP contribution in [0.2, 0.25) is 0 Å². The van der Waals surface area contributed by atoms with Crippen LogP contribution in [0.15, 0.2) is 46.2 Å². The van der Waals surface area contributed by atoms with Gasteiger partial charge in [-0.15, -0.1) is 0 Å². The third-order valence-electron chi connectivity index (χ3n) is 5.96. The fraction of sp³-hybridized carbons (Fsp3) is 0.381. The summed E-state index contributed by atoms with van der Waals surface area (Å²) in [5, 5.41) is 10.7. The lowest BCUT2D eigenvalue weighted by atomic mass is 10.1. The van der Waals surface area contributed by atoms with Crippen LogP contribution in [0.25, 0.3) is 11.1 Å². The van der Waals surface area contributed by atoms with E-state index < -0.39 is 10.0 Å². The smallest absolute Gasteiger partial charge is 0.248 e. The van der Waals surface area contributed by atoms with Gasteiger partial charge in [-0.1, -0.05) is 11.2 Å². The molecule has 1 amide bonds. The number of carbonyl (C=O) groups excluding carboxylic acids is 1. The summed E-state index contributed by atoms with van der Waals surface area (Å²) in [6, 6.07) is 5.29. The second-order valence-electron chi connectivity index (χ2n) is 8.21. The van der Waals surface area contributed by atoms with Crippen LogP contribution in [-0.2, 0) is 21.9 Å². The molecule has 2 aliphatic rings. The SMILES string of the molecule is Cc1oncc1S(=O)(=O)N1CCN2CC(=O)Nc3cc(-c4cnn(C)c4)ccc3OC[C@@H]2C1. The molecular formula is C21H24N6O5S. The van der Waals surface area contributed by atoms with Gasteiger partial charge in [-0.2, -0.15) is 9.40 Å². The lowest BCUT2D eigenvalue weighted by molar-refractivity contribution is -0.118. The van der Waals surface area contributed by atoms with Gasteiger partial charge in [-0.25, -0.2) is 8.42 Å². The van der Waals surface area contributed by atoms with Crippen molar-refractivity contribution in [3.05, 3.63) is 42.5 Å². The Labute approximate surface area is 190 Å². The van der Waals surface area contributed by atoms with Gasteiger partial charge >= 0.3 is 0 Å². The number of aromatic nitrogens is 3. The third kappa shape index (κ3) is 4.12. The van der Waals surface area contributed by atoms with Gasteiger partial charge in [0.05, 0.1) is 30.7 Å². The molecule has 5 rings (SSSR count). The maximum Gasteiger partial charge on any atom is 0.248 e. The Morgan fingerprint density at radius 3 is 2.76 bits per heavy atom.